The highest BCUT2D eigenvalue weighted by Gasteiger charge is 2.49. The standard InChI is InChI=1S/C33H39ClFN7O3S/c1-4-20-23-22(46-29(20)36)9-8-21(34)24(23)25-28(43-2)26-27(38-31(25)44-3)30(42-18-6-7-19(42)14-37-13-18)40-32(39-26)45-16-33-10-5-11-41(33)15-17(35)12-33/h8-9,17-19,37H,4-7,10-16,36H2,1-3H3/t17-,18?,19?,33+/m1/s1. The predicted octanol–water partition coefficient (Wildman–Crippen LogP) is 5.62. The van der Waals surface area contributed by atoms with Crippen LogP contribution >= 0.6 is 22.9 Å². The van der Waals surface area contributed by atoms with E-state index in [9.17, 15) is 4.39 Å². The number of rotatable bonds is 8. The first-order chi connectivity index (χ1) is 22.4. The van der Waals surface area contributed by atoms with Gasteiger partial charge in [-0.25, -0.2) is 9.37 Å². The lowest BCUT2D eigenvalue weighted by molar-refractivity contribution is 0.107. The summed E-state index contributed by atoms with van der Waals surface area (Å²) in [6.07, 6.45) is 4.39. The second kappa shape index (κ2) is 11.5. The first-order valence-electron chi connectivity index (χ1n) is 16.2. The van der Waals surface area contributed by atoms with Crippen LogP contribution in [-0.4, -0.2) is 90.7 Å². The maximum atomic E-state index is 14.6. The molecule has 4 fully saturated rings. The number of piperazine rings is 1. The first kappa shape index (κ1) is 30.2. The average molecular weight is 668 g/mol. The number of methoxy groups -OCH3 is 2. The Morgan fingerprint density at radius 3 is 2.65 bits per heavy atom. The van der Waals surface area contributed by atoms with Gasteiger partial charge in [-0.05, 0) is 56.3 Å². The van der Waals surface area contributed by atoms with Crippen LogP contribution in [0.5, 0.6) is 17.6 Å². The summed E-state index contributed by atoms with van der Waals surface area (Å²) < 4.78 is 34.3. The van der Waals surface area contributed by atoms with E-state index < -0.39 is 6.17 Å². The molecule has 3 N–H and O–H groups in total. The van der Waals surface area contributed by atoms with Crippen molar-refractivity contribution in [3.63, 3.8) is 0 Å². The Morgan fingerprint density at radius 2 is 1.91 bits per heavy atom. The van der Waals surface area contributed by atoms with E-state index in [4.69, 9.17) is 46.5 Å². The van der Waals surface area contributed by atoms with Crippen molar-refractivity contribution in [1.82, 2.24) is 25.2 Å². The average Bonchev–Trinajstić information content (AvgIpc) is 3.75. The van der Waals surface area contributed by atoms with Crippen LogP contribution in [0.2, 0.25) is 5.02 Å². The molecule has 0 spiro atoms. The van der Waals surface area contributed by atoms with Crippen molar-refractivity contribution in [3.05, 3.63) is 22.7 Å². The van der Waals surface area contributed by atoms with E-state index in [-0.39, 0.29) is 23.6 Å². The summed E-state index contributed by atoms with van der Waals surface area (Å²) in [4.78, 5) is 19.8. The lowest BCUT2D eigenvalue weighted by atomic mass is 9.95. The van der Waals surface area contributed by atoms with E-state index in [2.05, 4.69) is 22.0 Å². The molecule has 244 valence electrons. The van der Waals surface area contributed by atoms with Crippen molar-refractivity contribution in [2.75, 3.05) is 57.6 Å². The Balaban J connectivity index is 1.35. The number of hydrogen-bond donors (Lipinski definition) is 2. The van der Waals surface area contributed by atoms with Crippen LogP contribution in [0.15, 0.2) is 12.1 Å². The smallest absolute Gasteiger partial charge is 0.319 e. The Hall–Kier alpha value is -3.19. The van der Waals surface area contributed by atoms with Crippen LogP contribution in [-0.2, 0) is 6.42 Å². The molecular weight excluding hydrogens is 629 g/mol. The Bertz CT molecular complexity index is 1820. The van der Waals surface area contributed by atoms with E-state index in [0.29, 0.717) is 58.6 Å². The zero-order valence-electron chi connectivity index (χ0n) is 26.4. The van der Waals surface area contributed by atoms with Crippen LogP contribution in [0, 0.1) is 0 Å². The van der Waals surface area contributed by atoms with Crippen molar-refractivity contribution >= 4 is 54.9 Å². The largest absolute Gasteiger partial charge is 0.494 e. The van der Waals surface area contributed by atoms with Gasteiger partial charge in [0.25, 0.3) is 0 Å². The van der Waals surface area contributed by atoms with Gasteiger partial charge in [-0.2, -0.15) is 9.97 Å². The zero-order valence-corrected chi connectivity index (χ0v) is 27.9. The van der Waals surface area contributed by atoms with Gasteiger partial charge in [-0.3, -0.25) is 4.90 Å². The minimum atomic E-state index is -0.848. The van der Waals surface area contributed by atoms with E-state index in [1.165, 1.54) is 11.3 Å². The summed E-state index contributed by atoms with van der Waals surface area (Å²) in [6.45, 7) is 5.47. The molecule has 13 heteroatoms. The lowest BCUT2D eigenvalue weighted by Gasteiger charge is -2.37. The third-order valence-electron chi connectivity index (χ3n) is 10.5. The molecule has 0 aliphatic carbocycles. The van der Waals surface area contributed by atoms with Crippen molar-refractivity contribution in [3.8, 4) is 28.8 Å². The summed E-state index contributed by atoms with van der Waals surface area (Å²) in [7, 11) is 3.23. The van der Waals surface area contributed by atoms with Gasteiger partial charge in [0.05, 0.1) is 30.3 Å². The molecule has 46 heavy (non-hydrogen) atoms. The van der Waals surface area contributed by atoms with E-state index in [0.717, 1.165) is 78.0 Å². The molecule has 2 unspecified atom stereocenters. The molecule has 4 saturated heterocycles. The van der Waals surface area contributed by atoms with E-state index in [1.807, 2.05) is 12.1 Å². The number of pyridine rings is 1. The Labute approximate surface area is 276 Å². The van der Waals surface area contributed by atoms with Crippen molar-refractivity contribution in [1.29, 1.82) is 0 Å². The fourth-order valence-corrected chi connectivity index (χ4v) is 9.80. The number of aryl methyl sites for hydroxylation is 1. The highest BCUT2D eigenvalue weighted by Crippen LogP contribution is 2.51. The first-order valence-corrected chi connectivity index (χ1v) is 17.4. The number of nitrogen functional groups attached to an aromatic ring is 1. The molecule has 10 nitrogen and oxygen atoms in total. The van der Waals surface area contributed by atoms with Crippen molar-refractivity contribution < 1.29 is 18.6 Å². The van der Waals surface area contributed by atoms with Crippen molar-refractivity contribution in [2.45, 2.75) is 69.2 Å². The summed E-state index contributed by atoms with van der Waals surface area (Å²) in [5.41, 5.74) is 9.64. The third kappa shape index (κ3) is 4.58. The minimum Gasteiger partial charge on any atom is -0.494 e. The minimum absolute atomic E-state index is 0.235. The van der Waals surface area contributed by atoms with E-state index >= 15 is 0 Å². The summed E-state index contributed by atoms with van der Waals surface area (Å²) in [6, 6.07) is 4.63. The molecule has 2 bridgehead atoms. The second-order valence-corrected chi connectivity index (χ2v) is 14.5. The molecule has 7 heterocycles. The molecule has 4 aromatic rings. The van der Waals surface area contributed by atoms with Gasteiger partial charge < -0.3 is 30.2 Å². The SMILES string of the molecule is CCc1c(N)sc2ccc(Cl)c(-c3c(OC)nc4c(N5C6CCC5CNC6)nc(OC[C@@]56CCCN5C[C@H](F)C6)nc4c3OC)c12. The van der Waals surface area contributed by atoms with Crippen molar-refractivity contribution in [2.24, 2.45) is 0 Å². The number of benzene rings is 1. The number of hydrogen-bond acceptors (Lipinski definition) is 11. The normalized spacial score (nSPS) is 25.9. The molecule has 0 radical (unpaired) electrons. The predicted molar refractivity (Wildman–Crippen MR) is 181 cm³/mol. The number of nitrogens with one attached hydrogen (secondary N) is 1. The van der Waals surface area contributed by atoms with Gasteiger partial charge in [-0.15, -0.1) is 11.3 Å². The van der Waals surface area contributed by atoms with E-state index in [1.54, 1.807) is 14.2 Å². The van der Waals surface area contributed by atoms with Crippen LogP contribution in [0.4, 0.5) is 15.2 Å². The lowest BCUT2D eigenvalue weighted by Crippen LogP contribution is -2.52. The fraction of sp³-hybridized carbons (Fsp3) is 0.545. The van der Waals surface area contributed by atoms with Gasteiger partial charge in [0.2, 0.25) is 5.88 Å². The van der Waals surface area contributed by atoms with Gasteiger partial charge in [0.15, 0.2) is 11.6 Å². The quantitative estimate of drug-likeness (QED) is 0.246. The number of aromatic nitrogens is 3. The fourth-order valence-electron chi connectivity index (χ4n) is 8.48. The summed E-state index contributed by atoms with van der Waals surface area (Å²) in [5, 5.41) is 5.81. The molecule has 1 aromatic carbocycles. The van der Waals surface area contributed by atoms with Gasteiger partial charge in [-0.1, -0.05) is 18.5 Å². The number of halogens is 2. The summed E-state index contributed by atoms with van der Waals surface area (Å²) >= 11 is 8.55. The molecular formula is C33H39ClFN7O3S. The number of alkyl halides is 1. The number of thiophene rings is 1. The molecule has 4 aliphatic rings. The number of ether oxygens (including phenoxy) is 3. The number of fused-ring (bicyclic) bond motifs is 5. The van der Waals surface area contributed by atoms with Gasteiger partial charge >= 0.3 is 6.01 Å². The monoisotopic (exact) mass is 667 g/mol. The second-order valence-electron chi connectivity index (χ2n) is 13.0. The molecule has 8 rings (SSSR count). The maximum absolute atomic E-state index is 14.6. The maximum Gasteiger partial charge on any atom is 0.319 e. The topological polar surface area (TPSA) is 111 Å². The highest BCUT2D eigenvalue weighted by atomic mass is 35.5. The Kier molecular flexibility index (Phi) is 7.54. The summed E-state index contributed by atoms with van der Waals surface area (Å²) in [5.74, 6) is 1.54. The molecule has 4 aliphatic heterocycles. The van der Waals surface area contributed by atoms with Crippen LogP contribution in [0.1, 0.15) is 44.6 Å². The number of nitrogens with two attached hydrogens (primary N) is 1. The molecule has 4 atom stereocenters. The zero-order chi connectivity index (χ0) is 31.7. The highest BCUT2D eigenvalue weighted by molar-refractivity contribution is 7.23. The van der Waals surface area contributed by atoms with Gasteiger partial charge in [0, 0.05) is 58.8 Å². The molecule has 0 amide bonds. The number of nitrogens with zero attached hydrogens (tertiary/aromatic N) is 5. The number of anilines is 2. The Morgan fingerprint density at radius 1 is 1.11 bits per heavy atom. The molecule has 0 saturated carbocycles. The van der Waals surface area contributed by atoms with Gasteiger partial charge in [0.1, 0.15) is 23.8 Å². The van der Waals surface area contributed by atoms with Crippen LogP contribution in [0.3, 0.4) is 0 Å². The third-order valence-corrected chi connectivity index (χ3v) is 11.8. The van der Waals surface area contributed by atoms with Crippen LogP contribution in [0.25, 0.3) is 32.2 Å². The van der Waals surface area contributed by atoms with Crippen LogP contribution < -0.4 is 30.2 Å². The molecule has 3 aromatic heterocycles.